The van der Waals surface area contributed by atoms with Gasteiger partial charge >= 0.3 is 0 Å². The van der Waals surface area contributed by atoms with E-state index in [-0.39, 0.29) is 12.5 Å². The number of nitriles is 1. The van der Waals surface area contributed by atoms with Crippen LogP contribution in [0.15, 0.2) is 41.1 Å². The molecule has 2 aromatic rings. The number of amides is 1. The summed E-state index contributed by atoms with van der Waals surface area (Å²) in [5, 5.41) is 9.12. The fourth-order valence-corrected chi connectivity index (χ4v) is 2.84. The number of aromatic nitrogens is 2. The fraction of sp³-hybridized carbons (Fsp3) is 0.294. The first-order valence-electron chi connectivity index (χ1n) is 7.79. The molecule has 0 spiro atoms. The standard InChI is InChI=1S/C17H16BrN5O2/c18-13-1-3-14(4-2-13)25-12-16(24)22-7-9-23(10-8-22)17-15(11-19)20-5-6-21-17/h1-6H,7-10,12H2. The lowest BCUT2D eigenvalue weighted by molar-refractivity contribution is -0.133. The summed E-state index contributed by atoms with van der Waals surface area (Å²) < 4.78 is 6.49. The van der Waals surface area contributed by atoms with E-state index in [1.54, 1.807) is 11.1 Å². The van der Waals surface area contributed by atoms with Gasteiger partial charge in [0.2, 0.25) is 0 Å². The van der Waals surface area contributed by atoms with Crippen molar-refractivity contribution in [2.24, 2.45) is 0 Å². The second-order valence-electron chi connectivity index (χ2n) is 5.45. The highest BCUT2D eigenvalue weighted by atomic mass is 79.9. The number of piperazine rings is 1. The van der Waals surface area contributed by atoms with E-state index in [0.717, 1.165) is 4.47 Å². The first kappa shape index (κ1) is 17.2. The van der Waals surface area contributed by atoms with E-state index in [1.807, 2.05) is 29.2 Å². The molecule has 1 aliphatic rings. The molecule has 1 aromatic carbocycles. The molecule has 3 rings (SSSR count). The third kappa shape index (κ3) is 4.25. The van der Waals surface area contributed by atoms with E-state index in [1.165, 1.54) is 6.20 Å². The smallest absolute Gasteiger partial charge is 0.260 e. The molecule has 128 valence electrons. The molecule has 1 fully saturated rings. The van der Waals surface area contributed by atoms with Gasteiger partial charge in [0.1, 0.15) is 11.8 Å². The van der Waals surface area contributed by atoms with Gasteiger partial charge in [0, 0.05) is 43.0 Å². The van der Waals surface area contributed by atoms with Crippen LogP contribution in [0.4, 0.5) is 5.82 Å². The molecule has 7 nitrogen and oxygen atoms in total. The minimum absolute atomic E-state index is 0.0101. The number of benzene rings is 1. The molecule has 0 radical (unpaired) electrons. The molecule has 1 amide bonds. The quantitative estimate of drug-likeness (QED) is 0.776. The van der Waals surface area contributed by atoms with Crippen LogP contribution in [0.5, 0.6) is 5.75 Å². The maximum atomic E-state index is 12.3. The van der Waals surface area contributed by atoms with Crippen molar-refractivity contribution in [2.75, 3.05) is 37.7 Å². The van der Waals surface area contributed by atoms with Gasteiger partial charge in [-0.05, 0) is 24.3 Å². The van der Waals surface area contributed by atoms with Crippen LogP contribution in [0.1, 0.15) is 5.69 Å². The highest BCUT2D eigenvalue weighted by Crippen LogP contribution is 2.18. The van der Waals surface area contributed by atoms with Gasteiger partial charge in [0.25, 0.3) is 5.91 Å². The van der Waals surface area contributed by atoms with Crippen molar-refractivity contribution in [1.29, 1.82) is 5.26 Å². The van der Waals surface area contributed by atoms with Crippen molar-refractivity contribution in [2.45, 2.75) is 0 Å². The van der Waals surface area contributed by atoms with Gasteiger partial charge in [-0.25, -0.2) is 9.97 Å². The second kappa shape index (κ2) is 7.94. The van der Waals surface area contributed by atoms with Crippen molar-refractivity contribution in [3.05, 3.63) is 46.8 Å². The summed E-state index contributed by atoms with van der Waals surface area (Å²) in [7, 11) is 0. The number of ether oxygens (including phenoxy) is 1. The Morgan fingerprint density at radius 1 is 1.16 bits per heavy atom. The van der Waals surface area contributed by atoms with Crippen LogP contribution in [0.25, 0.3) is 0 Å². The largest absolute Gasteiger partial charge is 0.484 e. The molecule has 1 aromatic heterocycles. The van der Waals surface area contributed by atoms with Crippen LogP contribution in [0.3, 0.4) is 0 Å². The summed E-state index contributed by atoms with van der Waals surface area (Å²) in [6.07, 6.45) is 3.07. The molecule has 1 aliphatic heterocycles. The van der Waals surface area contributed by atoms with E-state index < -0.39 is 0 Å². The molecule has 1 saturated heterocycles. The van der Waals surface area contributed by atoms with Gasteiger partial charge in [-0.3, -0.25) is 4.79 Å². The number of hydrogen-bond acceptors (Lipinski definition) is 6. The van der Waals surface area contributed by atoms with Crippen molar-refractivity contribution < 1.29 is 9.53 Å². The topological polar surface area (TPSA) is 82.4 Å². The average molecular weight is 402 g/mol. The van der Waals surface area contributed by atoms with Crippen LogP contribution in [0, 0.1) is 11.3 Å². The number of carbonyl (C=O) groups excluding carboxylic acids is 1. The Bertz CT molecular complexity index is 782. The summed E-state index contributed by atoms with van der Waals surface area (Å²) in [5.41, 5.74) is 0.306. The molecule has 0 N–H and O–H groups in total. The zero-order valence-electron chi connectivity index (χ0n) is 13.4. The lowest BCUT2D eigenvalue weighted by atomic mass is 10.3. The van der Waals surface area contributed by atoms with E-state index in [2.05, 4.69) is 32.0 Å². The van der Waals surface area contributed by atoms with Gasteiger partial charge in [-0.1, -0.05) is 15.9 Å². The van der Waals surface area contributed by atoms with Gasteiger partial charge in [-0.15, -0.1) is 0 Å². The Balaban J connectivity index is 1.52. The van der Waals surface area contributed by atoms with Crippen molar-refractivity contribution in [3.63, 3.8) is 0 Å². The van der Waals surface area contributed by atoms with Crippen LogP contribution in [-0.2, 0) is 4.79 Å². The Labute approximate surface area is 154 Å². The number of anilines is 1. The predicted octanol–water partition coefficient (Wildman–Crippen LogP) is 1.84. The molecule has 0 unspecified atom stereocenters. The SMILES string of the molecule is N#Cc1nccnc1N1CCN(C(=O)COc2ccc(Br)cc2)CC1. The summed E-state index contributed by atoms with van der Waals surface area (Å²) >= 11 is 3.36. The molecular weight excluding hydrogens is 386 g/mol. The number of rotatable bonds is 4. The molecule has 0 aliphatic carbocycles. The Kier molecular flexibility index (Phi) is 5.46. The first-order valence-corrected chi connectivity index (χ1v) is 8.59. The highest BCUT2D eigenvalue weighted by Gasteiger charge is 2.24. The van der Waals surface area contributed by atoms with Crippen molar-refractivity contribution >= 4 is 27.7 Å². The summed E-state index contributed by atoms with van der Waals surface area (Å²) in [6, 6.07) is 9.41. The summed E-state index contributed by atoms with van der Waals surface area (Å²) in [6.45, 7) is 2.35. The molecule has 0 saturated carbocycles. The maximum absolute atomic E-state index is 12.3. The van der Waals surface area contributed by atoms with Crippen LogP contribution < -0.4 is 9.64 Å². The summed E-state index contributed by atoms with van der Waals surface area (Å²) in [5.74, 6) is 1.18. The number of halogens is 1. The van der Waals surface area contributed by atoms with Crippen molar-refractivity contribution in [3.8, 4) is 11.8 Å². The number of nitrogens with zero attached hydrogens (tertiary/aromatic N) is 5. The Hall–Kier alpha value is -2.66. The van der Waals surface area contributed by atoms with Crippen LogP contribution in [-0.4, -0.2) is 53.6 Å². The zero-order chi connectivity index (χ0) is 17.6. The summed E-state index contributed by atoms with van der Waals surface area (Å²) in [4.78, 5) is 24.3. The van der Waals surface area contributed by atoms with Gasteiger partial charge < -0.3 is 14.5 Å². The van der Waals surface area contributed by atoms with E-state index in [0.29, 0.717) is 43.4 Å². The van der Waals surface area contributed by atoms with E-state index >= 15 is 0 Å². The highest BCUT2D eigenvalue weighted by molar-refractivity contribution is 9.10. The van der Waals surface area contributed by atoms with E-state index in [4.69, 9.17) is 10.00 Å². The molecule has 0 bridgehead atoms. The lowest BCUT2D eigenvalue weighted by Gasteiger charge is -2.35. The molecule has 0 atom stereocenters. The normalized spacial score (nSPS) is 14.1. The molecule has 2 heterocycles. The monoisotopic (exact) mass is 401 g/mol. The van der Waals surface area contributed by atoms with Gasteiger partial charge in [0.05, 0.1) is 0 Å². The second-order valence-corrected chi connectivity index (χ2v) is 6.37. The Morgan fingerprint density at radius 2 is 1.84 bits per heavy atom. The average Bonchev–Trinajstić information content (AvgIpc) is 2.67. The van der Waals surface area contributed by atoms with E-state index in [9.17, 15) is 4.79 Å². The molecular formula is C17H16BrN5O2. The van der Waals surface area contributed by atoms with Crippen molar-refractivity contribution in [1.82, 2.24) is 14.9 Å². The number of hydrogen-bond donors (Lipinski definition) is 0. The molecule has 8 heteroatoms. The minimum Gasteiger partial charge on any atom is -0.484 e. The fourth-order valence-electron chi connectivity index (χ4n) is 2.58. The van der Waals surface area contributed by atoms with Gasteiger partial charge in [0.15, 0.2) is 18.1 Å². The zero-order valence-corrected chi connectivity index (χ0v) is 15.0. The Morgan fingerprint density at radius 3 is 2.52 bits per heavy atom. The predicted molar refractivity (Wildman–Crippen MR) is 95.2 cm³/mol. The number of carbonyl (C=O) groups is 1. The third-order valence-corrected chi connectivity index (χ3v) is 4.42. The first-order chi connectivity index (χ1) is 12.2. The van der Waals surface area contributed by atoms with Gasteiger partial charge in [-0.2, -0.15) is 5.26 Å². The third-order valence-electron chi connectivity index (χ3n) is 3.89. The minimum atomic E-state index is -0.0535. The van der Waals surface area contributed by atoms with Crippen LogP contribution in [0.2, 0.25) is 0 Å². The maximum Gasteiger partial charge on any atom is 0.260 e. The lowest BCUT2D eigenvalue weighted by Crippen LogP contribution is -2.50. The van der Waals surface area contributed by atoms with Crippen LogP contribution >= 0.6 is 15.9 Å². The molecule has 25 heavy (non-hydrogen) atoms.